The van der Waals surface area contributed by atoms with Crippen molar-refractivity contribution < 1.29 is 4.43 Å². The Bertz CT molecular complexity index is 295. The average Bonchev–Trinajstić information content (AvgIpc) is 2.68. The van der Waals surface area contributed by atoms with E-state index in [0.717, 1.165) is 39.3 Å². The lowest BCUT2D eigenvalue weighted by Crippen LogP contribution is -2.52. The molecule has 0 N–H and O–H groups in total. The second-order valence-corrected chi connectivity index (χ2v) is 9.35. The molecule has 0 saturated carbocycles. The lowest BCUT2D eigenvalue weighted by atomic mass is 9.87. The Balaban J connectivity index is 5.44. The summed E-state index contributed by atoms with van der Waals surface area (Å²) in [5.74, 6) is 0. The smallest absolute Gasteiger partial charge is 0.162 e. The van der Waals surface area contributed by atoms with Crippen molar-refractivity contribution in [2.24, 2.45) is 5.41 Å². The third kappa shape index (κ3) is 11.0. The van der Waals surface area contributed by atoms with Crippen molar-refractivity contribution in [3.05, 3.63) is 0 Å². The highest BCUT2D eigenvalue weighted by Gasteiger charge is 2.35. The maximum atomic E-state index is 6.37. The number of hydrogen-bond donors (Lipinski definition) is 0. The summed E-state index contributed by atoms with van der Waals surface area (Å²) in [6.07, 6.45) is 2.86. The maximum absolute atomic E-state index is 6.37. The number of hydrogen-bond acceptors (Lipinski definition) is 4. The SMILES string of the molecule is CCCC(C)O[SiH2]CC(CN(CC)CC)(CN(CC)CC)CN(CC)CC. The van der Waals surface area contributed by atoms with Gasteiger partial charge in [0.25, 0.3) is 0 Å². The summed E-state index contributed by atoms with van der Waals surface area (Å²) in [4.78, 5) is 7.91. The largest absolute Gasteiger partial charge is 0.421 e. The van der Waals surface area contributed by atoms with Crippen molar-refractivity contribution in [1.82, 2.24) is 14.7 Å². The second kappa shape index (κ2) is 15.9. The highest BCUT2D eigenvalue weighted by molar-refractivity contribution is 6.27. The summed E-state index contributed by atoms with van der Waals surface area (Å²) in [6.45, 7) is 28.8. The number of rotatable bonds is 18. The molecule has 27 heavy (non-hydrogen) atoms. The van der Waals surface area contributed by atoms with Gasteiger partial charge in [0, 0.05) is 31.2 Å². The first-order chi connectivity index (χ1) is 12.9. The summed E-state index contributed by atoms with van der Waals surface area (Å²) in [7, 11) is -0.515. The maximum Gasteiger partial charge on any atom is 0.162 e. The van der Waals surface area contributed by atoms with Crippen molar-refractivity contribution in [3.63, 3.8) is 0 Å². The van der Waals surface area contributed by atoms with Gasteiger partial charge in [-0.3, -0.25) is 0 Å². The lowest BCUT2D eigenvalue weighted by Gasteiger charge is -2.44. The van der Waals surface area contributed by atoms with Crippen LogP contribution in [-0.2, 0) is 4.43 Å². The zero-order valence-electron chi connectivity index (χ0n) is 20.0. The molecule has 0 aromatic rings. The molecule has 0 bridgehead atoms. The van der Waals surface area contributed by atoms with Crippen LogP contribution in [0.4, 0.5) is 0 Å². The molecular formula is C22H51N3OSi. The molecule has 0 aromatic carbocycles. The van der Waals surface area contributed by atoms with Crippen molar-refractivity contribution in [3.8, 4) is 0 Å². The van der Waals surface area contributed by atoms with Gasteiger partial charge in [0.15, 0.2) is 9.76 Å². The molecule has 0 spiro atoms. The van der Waals surface area contributed by atoms with E-state index in [1.165, 1.54) is 38.5 Å². The third-order valence-corrected chi connectivity index (χ3v) is 8.16. The minimum Gasteiger partial charge on any atom is -0.421 e. The van der Waals surface area contributed by atoms with Gasteiger partial charge >= 0.3 is 0 Å². The van der Waals surface area contributed by atoms with Gasteiger partial charge in [0.05, 0.1) is 0 Å². The standard InChI is InChI=1S/C22H51N3OSi/c1-9-16-21(8)26-27-20-22(17-23(10-2)11-3,18-24(12-4)13-5)19-25(14-6)15-7/h21H,9-20,27H2,1-8H3. The summed E-state index contributed by atoms with van der Waals surface area (Å²) >= 11 is 0. The van der Waals surface area contributed by atoms with Crippen LogP contribution >= 0.6 is 0 Å². The van der Waals surface area contributed by atoms with Crippen LogP contribution in [0, 0.1) is 5.41 Å². The Labute approximate surface area is 173 Å². The Morgan fingerprint density at radius 1 is 0.704 bits per heavy atom. The van der Waals surface area contributed by atoms with Crippen molar-refractivity contribution in [1.29, 1.82) is 0 Å². The Kier molecular flexibility index (Phi) is 16.0. The van der Waals surface area contributed by atoms with Crippen molar-refractivity contribution >= 4 is 9.76 Å². The Hall–Kier alpha value is 0.0569. The van der Waals surface area contributed by atoms with Crippen LogP contribution in [0.2, 0.25) is 6.04 Å². The molecule has 5 heteroatoms. The van der Waals surface area contributed by atoms with Gasteiger partial charge in [0.1, 0.15) is 0 Å². The minimum atomic E-state index is -0.515. The second-order valence-electron chi connectivity index (χ2n) is 8.10. The molecule has 0 saturated heterocycles. The van der Waals surface area contributed by atoms with Gasteiger partial charge in [-0.15, -0.1) is 0 Å². The van der Waals surface area contributed by atoms with E-state index >= 15 is 0 Å². The summed E-state index contributed by atoms with van der Waals surface area (Å²) in [6, 6.07) is 1.28. The van der Waals surface area contributed by atoms with Crippen LogP contribution in [-0.4, -0.2) is 89.5 Å². The topological polar surface area (TPSA) is 19.0 Å². The zero-order chi connectivity index (χ0) is 20.7. The number of nitrogens with zero attached hydrogens (tertiary/aromatic N) is 3. The molecule has 0 rings (SSSR count). The van der Waals surface area contributed by atoms with Gasteiger partial charge in [-0.1, -0.05) is 54.9 Å². The van der Waals surface area contributed by atoms with E-state index in [-0.39, 0.29) is 0 Å². The zero-order valence-corrected chi connectivity index (χ0v) is 21.4. The molecule has 0 aliphatic carbocycles. The fraction of sp³-hybridized carbons (Fsp3) is 1.00. The summed E-state index contributed by atoms with van der Waals surface area (Å²) in [5, 5.41) is 0. The van der Waals surface area contributed by atoms with E-state index in [1.807, 2.05) is 0 Å². The molecule has 0 aromatic heterocycles. The predicted molar refractivity (Wildman–Crippen MR) is 125 cm³/mol. The third-order valence-electron chi connectivity index (χ3n) is 6.09. The van der Waals surface area contributed by atoms with Gasteiger partial charge in [-0.05, 0) is 58.7 Å². The Morgan fingerprint density at radius 3 is 1.37 bits per heavy atom. The molecule has 0 fully saturated rings. The van der Waals surface area contributed by atoms with Crippen LogP contribution in [0.5, 0.6) is 0 Å². The predicted octanol–water partition coefficient (Wildman–Crippen LogP) is 3.71. The highest BCUT2D eigenvalue weighted by Crippen LogP contribution is 2.28. The Morgan fingerprint density at radius 2 is 1.07 bits per heavy atom. The van der Waals surface area contributed by atoms with Crippen molar-refractivity contribution in [2.75, 3.05) is 58.9 Å². The van der Waals surface area contributed by atoms with E-state index in [1.54, 1.807) is 0 Å². The van der Waals surface area contributed by atoms with Crippen LogP contribution in [0.1, 0.15) is 68.2 Å². The normalized spacial score (nSPS) is 14.3. The molecule has 1 unspecified atom stereocenters. The van der Waals surface area contributed by atoms with Crippen LogP contribution in [0.25, 0.3) is 0 Å². The fourth-order valence-electron chi connectivity index (χ4n) is 4.12. The van der Waals surface area contributed by atoms with E-state index in [2.05, 4.69) is 70.1 Å². The van der Waals surface area contributed by atoms with Gasteiger partial charge in [0.2, 0.25) is 0 Å². The lowest BCUT2D eigenvalue weighted by molar-refractivity contribution is 0.0729. The quantitative estimate of drug-likeness (QED) is 0.326. The van der Waals surface area contributed by atoms with E-state index < -0.39 is 9.76 Å². The van der Waals surface area contributed by atoms with Crippen LogP contribution in [0.15, 0.2) is 0 Å². The monoisotopic (exact) mass is 401 g/mol. The first-order valence-electron chi connectivity index (χ1n) is 11.7. The first-order valence-corrected chi connectivity index (χ1v) is 13.3. The van der Waals surface area contributed by atoms with Gasteiger partial charge < -0.3 is 19.1 Å². The fourth-order valence-corrected chi connectivity index (χ4v) is 5.71. The molecule has 0 amide bonds. The van der Waals surface area contributed by atoms with E-state index in [4.69, 9.17) is 4.43 Å². The van der Waals surface area contributed by atoms with E-state index in [9.17, 15) is 0 Å². The van der Waals surface area contributed by atoms with Gasteiger partial charge in [-0.25, -0.2) is 0 Å². The first kappa shape index (κ1) is 27.1. The average molecular weight is 402 g/mol. The van der Waals surface area contributed by atoms with Crippen molar-refractivity contribution in [2.45, 2.75) is 80.4 Å². The molecule has 164 valence electrons. The molecule has 0 aliphatic heterocycles. The molecule has 0 radical (unpaired) electrons. The van der Waals surface area contributed by atoms with Gasteiger partial charge in [-0.2, -0.15) is 0 Å². The molecule has 0 aliphatic rings. The van der Waals surface area contributed by atoms with Crippen LogP contribution in [0.3, 0.4) is 0 Å². The summed E-state index contributed by atoms with van der Waals surface area (Å²) in [5.41, 5.74) is 0.322. The highest BCUT2D eigenvalue weighted by atomic mass is 28.2. The molecule has 4 nitrogen and oxygen atoms in total. The minimum absolute atomic E-state index is 0.322. The molecule has 0 heterocycles. The van der Waals surface area contributed by atoms with E-state index in [0.29, 0.717) is 11.5 Å². The molecule has 1 atom stereocenters. The summed E-state index contributed by atoms with van der Waals surface area (Å²) < 4.78 is 6.37. The molecular weight excluding hydrogens is 350 g/mol. The van der Waals surface area contributed by atoms with Crippen LogP contribution < -0.4 is 0 Å².